The number of carbonyl (C=O) groups excluding carboxylic acids is 1. The van der Waals surface area contributed by atoms with Crippen molar-refractivity contribution < 1.29 is 9.18 Å². The van der Waals surface area contributed by atoms with Crippen LogP contribution in [0.2, 0.25) is 0 Å². The Morgan fingerprint density at radius 2 is 2.00 bits per heavy atom. The highest BCUT2D eigenvalue weighted by Crippen LogP contribution is 2.21. The lowest BCUT2D eigenvalue weighted by Crippen LogP contribution is -2.29. The van der Waals surface area contributed by atoms with Crippen molar-refractivity contribution in [2.75, 3.05) is 0 Å². The molecule has 1 amide bonds. The molecule has 3 aromatic rings. The molecule has 1 unspecified atom stereocenters. The van der Waals surface area contributed by atoms with E-state index in [0.717, 1.165) is 21.8 Å². The maximum Gasteiger partial charge on any atom is 0.223 e. The molecule has 0 saturated heterocycles. The Kier molecular flexibility index (Phi) is 5.56. The van der Waals surface area contributed by atoms with Crippen LogP contribution in [-0.2, 0) is 17.8 Å². The molecule has 128 valence electrons. The van der Waals surface area contributed by atoms with Crippen LogP contribution in [0.25, 0.3) is 11.3 Å². The molecule has 0 aliphatic rings. The van der Waals surface area contributed by atoms with Gasteiger partial charge in [-0.3, -0.25) is 4.79 Å². The summed E-state index contributed by atoms with van der Waals surface area (Å²) >= 11 is 1.53. The van der Waals surface area contributed by atoms with Crippen molar-refractivity contribution >= 4 is 17.2 Å². The van der Waals surface area contributed by atoms with E-state index in [4.69, 9.17) is 0 Å². The first-order valence-electron chi connectivity index (χ1n) is 8.14. The summed E-state index contributed by atoms with van der Waals surface area (Å²) < 4.78 is 13.2. The van der Waals surface area contributed by atoms with Crippen molar-refractivity contribution in [3.8, 4) is 11.3 Å². The molecule has 1 N–H and O–H groups in total. The average molecular weight is 354 g/mol. The quantitative estimate of drug-likeness (QED) is 0.711. The van der Waals surface area contributed by atoms with Gasteiger partial charge in [0.1, 0.15) is 10.8 Å². The molecule has 0 bridgehead atoms. The maximum atomic E-state index is 13.2. The Morgan fingerprint density at radius 1 is 1.20 bits per heavy atom. The minimum Gasteiger partial charge on any atom is -0.349 e. The van der Waals surface area contributed by atoms with E-state index >= 15 is 0 Å². The second-order valence-electron chi connectivity index (χ2n) is 5.95. The molecule has 3 nitrogen and oxygen atoms in total. The van der Waals surface area contributed by atoms with Crippen LogP contribution in [0.4, 0.5) is 4.39 Å². The SMILES string of the molecule is CC(Cc1cccc(F)c1)C(=O)NCc1nc(-c2ccccc2)cs1. The number of hydrogen-bond acceptors (Lipinski definition) is 3. The molecule has 1 atom stereocenters. The van der Waals surface area contributed by atoms with E-state index in [0.29, 0.717) is 13.0 Å². The molecule has 1 aromatic heterocycles. The Bertz CT molecular complexity index is 848. The van der Waals surface area contributed by atoms with E-state index in [1.165, 1.54) is 23.5 Å². The monoisotopic (exact) mass is 354 g/mol. The molecule has 1 heterocycles. The summed E-state index contributed by atoms with van der Waals surface area (Å²) in [4.78, 5) is 16.8. The molecule has 2 aromatic carbocycles. The number of amides is 1. The first-order chi connectivity index (χ1) is 12.1. The van der Waals surface area contributed by atoms with Crippen molar-refractivity contribution in [2.45, 2.75) is 19.9 Å². The number of carbonyl (C=O) groups is 1. The second-order valence-corrected chi connectivity index (χ2v) is 6.89. The molecule has 0 aliphatic heterocycles. The Labute approximate surface area is 150 Å². The van der Waals surface area contributed by atoms with E-state index in [9.17, 15) is 9.18 Å². The molecule has 25 heavy (non-hydrogen) atoms. The van der Waals surface area contributed by atoms with Crippen molar-refractivity contribution in [3.63, 3.8) is 0 Å². The summed E-state index contributed by atoms with van der Waals surface area (Å²) in [6, 6.07) is 16.3. The van der Waals surface area contributed by atoms with Gasteiger partial charge in [0.25, 0.3) is 0 Å². The fraction of sp³-hybridized carbons (Fsp3) is 0.200. The number of halogens is 1. The van der Waals surface area contributed by atoms with Crippen LogP contribution in [0, 0.1) is 11.7 Å². The van der Waals surface area contributed by atoms with Crippen LogP contribution in [0.1, 0.15) is 17.5 Å². The summed E-state index contributed by atoms with van der Waals surface area (Å²) in [6.07, 6.45) is 0.511. The lowest BCUT2D eigenvalue weighted by atomic mass is 10.0. The number of thiazole rings is 1. The van der Waals surface area contributed by atoms with Gasteiger partial charge in [-0.1, -0.05) is 49.4 Å². The predicted octanol–water partition coefficient (Wildman–Crippen LogP) is 4.44. The van der Waals surface area contributed by atoms with E-state index in [1.807, 2.05) is 48.7 Å². The summed E-state index contributed by atoms with van der Waals surface area (Å²) in [6.45, 7) is 2.25. The summed E-state index contributed by atoms with van der Waals surface area (Å²) in [5.41, 5.74) is 2.81. The Hall–Kier alpha value is -2.53. The zero-order valence-electron chi connectivity index (χ0n) is 13.9. The molecular formula is C20H19FN2OS. The standard InChI is InChI=1S/C20H19FN2OS/c1-14(10-15-6-5-9-17(21)11-15)20(24)22-12-19-23-18(13-25-19)16-7-3-2-4-8-16/h2-9,11,13-14H,10,12H2,1H3,(H,22,24). The van der Waals surface area contributed by atoms with E-state index in [2.05, 4.69) is 10.3 Å². The van der Waals surface area contributed by atoms with Gasteiger partial charge < -0.3 is 5.32 Å². The summed E-state index contributed by atoms with van der Waals surface area (Å²) in [5, 5.41) is 5.77. The van der Waals surface area contributed by atoms with Gasteiger partial charge in [-0.15, -0.1) is 11.3 Å². The lowest BCUT2D eigenvalue weighted by Gasteiger charge is -2.11. The topological polar surface area (TPSA) is 42.0 Å². The molecule has 0 fully saturated rings. The molecule has 3 rings (SSSR count). The predicted molar refractivity (Wildman–Crippen MR) is 98.7 cm³/mol. The number of hydrogen-bond donors (Lipinski definition) is 1. The zero-order valence-corrected chi connectivity index (χ0v) is 14.7. The minimum absolute atomic E-state index is 0.0549. The minimum atomic E-state index is -0.277. The van der Waals surface area contributed by atoms with Gasteiger partial charge in [0.15, 0.2) is 0 Å². The second kappa shape index (κ2) is 8.03. The van der Waals surface area contributed by atoms with Crippen LogP contribution in [0.3, 0.4) is 0 Å². The number of benzene rings is 2. The number of aromatic nitrogens is 1. The molecule has 0 radical (unpaired) electrons. The van der Waals surface area contributed by atoms with Crippen molar-refractivity contribution in [1.82, 2.24) is 10.3 Å². The highest BCUT2D eigenvalue weighted by atomic mass is 32.1. The van der Waals surface area contributed by atoms with E-state index < -0.39 is 0 Å². The largest absolute Gasteiger partial charge is 0.349 e. The first kappa shape index (κ1) is 17.3. The van der Waals surface area contributed by atoms with Crippen LogP contribution in [0.15, 0.2) is 60.0 Å². The maximum absolute atomic E-state index is 13.2. The third-order valence-electron chi connectivity index (χ3n) is 3.91. The Morgan fingerprint density at radius 3 is 2.76 bits per heavy atom. The van der Waals surface area contributed by atoms with Crippen molar-refractivity contribution in [2.24, 2.45) is 5.92 Å². The normalized spacial score (nSPS) is 11.9. The molecule has 5 heteroatoms. The van der Waals surface area contributed by atoms with Gasteiger partial charge in [-0.25, -0.2) is 9.37 Å². The van der Waals surface area contributed by atoms with Gasteiger partial charge in [0, 0.05) is 16.9 Å². The Balaban J connectivity index is 1.54. The average Bonchev–Trinajstić information content (AvgIpc) is 3.09. The van der Waals surface area contributed by atoms with Crippen LogP contribution < -0.4 is 5.32 Å². The molecule has 0 saturated carbocycles. The van der Waals surface area contributed by atoms with Crippen LogP contribution in [0.5, 0.6) is 0 Å². The molecule has 0 spiro atoms. The summed E-state index contributed by atoms with van der Waals surface area (Å²) in [7, 11) is 0. The highest BCUT2D eigenvalue weighted by molar-refractivity contribution is 7.09. The summed E-state index contributed by atoms with van der Waals surface area (Å²) in [5.74, 6) is -0.558. The first-order valence-corrected chi connectivity index (χ1v) is 9.02. The van der Waals surface area contributed by atoms with E-state index in [1.54, 1.807) is 6.07 Å². The third-order valence-corrected chi connectivity index (χ3v) is 4.76. The number of nitrogens with one attached hydrogen (secondary N) is 1. The van der Waals surface area contributed by atoms with Gasteiger partial charge in [-0.2, -0.15) is 0 Å². The number of rotatable bonds is 6. The lowest BCUT2D eigenvalue weighted by molar-refractivity contribution is -0.124. The van der Waals surface area contributed by atoms with E-state index in [-0.39, 0.29) is 17.6 Å². The fourth-order valence-corrected chi connectivity index (χ4v) is 3.32. The molecular weight excluding hydrogens is 335 g/mol. The fourth-order valence-electron chi connectivity index (χ4n) is 2.58. The van der Waals surface area contributed by atoms with Gasteiger partial charge in [0.05, 0.1) is 12.2 Å². The smallest absolute Gasteiger partial charge is 0.223 e. The number of nitrogens with zero attached hydrogens (tertiary/aromatic N) is 1. The zero-order chi connectivity index (χ0) is 17.6. The van der Waals surface area contributed by atoms with Crippen molar-refractivity contribution in [1.29, 1.82) is 0 Å². The molecule has 0 aliphatic carbocycles. The van der Waals surface area contributed by atoms with Crippen LogP contribution >= 0.6 is 11.3 Å². The van der Waals surface area contributed by atoms with Gasteiger partial charge in [-0.05, 0) is 24.1 Å². The van der Waals surface area contributed by atoms with Gasteiger partial charge >= 0.3 is 0 Å². The van der Waals surface area contributed by atoms with Gasteiger partial charge in [0.2, 0.25) is 5.91 Å². The van der Waals surface area contributed by atoms with Crippen LogP contribution in [-0.4, -0.2) is 10.9 Å². The highest BCUT2D eigenvalue weighted by Gasteiger charge is 2.14. The van der Waals surface area contributed by atoms with Crippen molar-refractivity contribution in [3.05, 3.63) is 76.4 Å². The third kappa shape index (κ3) is 4.73.